The van der Waals surface area contributed by atoms with E-state index >= 15 is 0 Å². The topological polar surface area (TPSA) is 48.1 Å². The second-order valence-electron chi connectivity index (χ2n) is 8.48. The molecule has 36 heavy (non-hydrogen) atoms. The molecular weight excluding hydrogens is 480 g/mol. The van der Waals surface area contributed by atoms with Crippen LogP contribution in [-0.2, 0) is 13.1 Å². The van der Waals surface area contributed by atoms with Crippen molar-refractivity contribution < 1.29 is 0 Å². The summed E-state index contributed by atoms with van der Waals surface area (Å²) in [7, 11) is 0. The number of fused-ring (bicyclic) bond motifs is 2. The Hall–Kier alpha value is -4.00. The lowest BCUT2D eigenvalue weighted by Gasteiger charge is -2.15. The Kier molecular flexibility index (Phi) is 7.36. The highest BCUT2D eigenvalue weighted by Gasteiger charge is 2.08. The summed E-state index contributed by atoms with van der Waals surface area (Å²) in [6.07, 6.45) is 0. The number of hydrogen-bond acceptors (Lipinski definition) is 2. The Labute approximate surface area is 221 Å². The van der Waals surface area contributed by atoms with Gasteiger partial charge >= 0.3 is 0 Å². The second-order valence-corrected chi connectivity index (χ2v) is 9.29. The number of para-hydroxylation sites is 2. The van der Waals surface area contributed by atoms with Crippen LogP contribution in [0.5, 0.6) is 0 Å². The van der Waals surface area contributed by atoms with Gasteiger partial charge in [-0.1, -0.05) is 72.8 Å². The molecule has 5 aromatic rings. The van der Waals surface area contributed by atoms with Crippen molar-refractivity contribution in [3.8, 4) is 0 Å². The van der Waals surface area contributed by atoms with Crippen molar-refractivity contribution in [2.75, 3.05) is 10.6 Å². The van der Waals surface area contributed by atoms with Gasteiger partial charge in [-0.05, 0) is 93.5 Å². The van der Waals surface area contributed by atoms with Crippen LogP contribution in [-0.4, -0.2) is 10.2 Å². The van der Waals surface area contributed by atoms with E-state index in [-0.39, 0.29) is 0 Å². The van der Waals surface area contributed by atoms with Crippen molar-refractivity contribution in [1.29, 1.82) is 0 Å². The van der Waals surface area contributed by atoms with E-state index < -0.39 is 0 Å². The van der Waals surface area contributed by atoms with Crippen LogP contribution in [0.3, 0.4) is 0 Å². The van der Waals surface area contributed by atoms with Crippen molar-refractivity contribution in [3.63, 3.8) is 0 Å². The molecule has 0 saturated carbocycles. The fourth-order valence-electron chi connectivity index (χ4n) is 4.23. The predicted molar refractivity (Wildman–Crippen MR) is 160 cm³/mol. The van der Waals surface area contributed by atoms with Gasteiger partial charge in [0.25, 0.3) is 0 Å². The molecule has 0 fully saturated rings. The van der Waals surface area contributed by atoms with Crippen LogP contribution in [0, 0.1) is 0 Å². The highest BCUT2D eigenvalue weighted by atomic mass is 32.1. The molecule has 0 aliphatic rings. The molecule has 0 atom stereocenters. The SMILES string of the molecule is S=C(NCc1cccc2cc3cccc(CNC(=S)Nc4ccccc4)c3cc12)Nc1ccccc1. The highest BCUT2D eigenvalue weighted by molar-refractivity contribution is 7.80. The molecule has 6 heteroatoms. The summed E-state index contributed by atoms with van der Waals surface area (Å²) < 4.78 is 0. The smallest absolute Gasteiger partial charge is 0.171 e. The minimum Gasteiger partial charge on any atom is -0.358 e. The number of nitrogens with one attached hydrogen (secondary N) is 4. The van der Waals surface area contributed by atoms with Gasteiger partial charge in [-0.15, -0.1) is 0 Å². The minimum atomic E-state index is 0.600. The van der Waals surface area contributed by atoms with E-state index in [1.165, 1.54) is 32.7 Å². The predicted octanol–water partition coefficient (Wildman–Crippen LogP) is 6.97. The van der Waals surface area contributed by atoms with Crippen molar-refractivity contribution in [3.05, 3.63) is 120 Å². The van der Waals surface area contributed by atoms with E-state index in [1.807, 2.05) is 60.7 Å². The number of thiocarbonyl (C=S) groups is 2. The Balaban J connectivity index is 1.34. The third-order valence-electron chi connectivity index (χ3n) is 6.00. The average Bonchev–Trinajstić information content (AvgIpc) is 2.90. The van der Waals surface area contributed by atoms with Gasteiger partial charge in [-0.25, -0.2) is 0 Å². The molecular formula is C30H26N4S2. The van der Waals surface area contributed by atoms with Crippen LogP contribution < -0.4 is 21.3 Å². The number of rotatable bonds is 6. The van der Waals surface area contributed by atoms with E-state index in [4.69, 9.17) is 24.4 Å². The molecule has 178 valence electrons. The Bertz CT molecular complexity index is 1410. The maximum absolute atomic E-state index is 5.51. The first-order valence-corrected chi connectivity index (χ1v) is 12.6. The lowest BCUT2D eigenvalue weighted by Crippen LogP contribution is -2.28. The van der Waals surface area contributed by atoms with Crippen molar-refractivity contribution in [1.82, 2.24) is 10.6 Å². The largest absolute Gasteiger partial charge is 0.358 e. The Morgan fingerprint density at radius 3 is 1.39 bits per heavy atom. The summed E-state index contributed by atoms with van der Waals surface area (Å²) in [5, 5.41) is 19.2. The summed E-state index contributed by atoms with van der Waals surface area (Å²) in [6, 6.07) is 37.2. The monoisotopic (exact) mass is 506 g/mol. The summed E-state index contributed by atoms with van der Waals surface area (Å²) >= 11 is 11.0. The zero-order chi connectivity index (χ0) is 24.7. The van der Waals surface area contributed by atoms with Crippen LogP contribution in [0.1, 0.15) is 11.1 Å². The standard InChI is InChI=1S/C30H26N4S2/c35-29(33-25-13-3-1-4-14-25)31-19-23-11-7-9-21-17-22-10-8-12-24(28(22)18-27(21)23)20-32-30(36)34-26-15-5-2-6-16-26/h1-18H,19-20H2,(H2,31,33,35)(H2,32,34,36). The molecule has 4 nitrogen and oxygen atoms in total. The summed E-state index contributed by atoms with van der Waals surface area (Å²) in [5.74, 6) is 0. The molecule has 5 aromatic carbocycles. The van der Waals surface area contributed by atoms with Crippen molar-refractivity contribution in [2.45, 2.75) is 13.1 Å². The van der Waals surface area contributed by atoms with E-state index in [0.717, 1.165) is 11.4 Å². The van der Waals surface area contributed by atoms with Gasteiger partial charge in [0, 0.05) is 24.5 Å². The van der Waals surface area contributed by atoms with Gasteiger partial charge in [0.05, 0.1) is 0 Å². The molecule has 0 saturated heterocycles. The summed E-state index contributed by atoms with van der Waals surface area (Å²) in [6.45, 7) is 1.26. The van der Waals surface area contributed by atoms with Crippen LogP contribution in [0.2, 0.25) is 0 Å². The van der Waals surface area contributed by atoms with Gasteiger partial charge in [-0.2, -0.15) is 0 Å². The van der Waals surface area contributed by atoms with Crippen molar-refractivity contribution >= 4 is 67.6 Å². The zero-order valence-electron chi connectivity index (χ0n) is 19.6. The third-order valence-corrected chi connectivity index (χ3v) is 6.49. The van der Waals surface area contributed by atoms with Gasteiger partial charge in [0.15, 0.2) is 10.2 Å². The molecule has 0 aliphatic carbocycles. The average molecular weight is 507 g/mol. The van der Waals surface area contributed by atoms with Crippen LogP contribution >= 0.6 is 24.4 Å². The number of anilines is 2. The lowest BCUT2D eigenvalue weighted by atomic mass is 9.97. The lowest BCUT2D eigenvalue weighted by molar-refractivity contribution is 0.932. The fraction of sp³-hybridized carbons (Fsp3) is 0.0667. The molecule has 0 spiro atoms. The normalized spacial score (nSPS) is 10.7. The Morgan fingerprint density at radius 1 is 0.500 bits per heavy atom. The van der Waals surface area contributed by atoms with Gasteiger partial charge in [0.2, 0.25) is 0 Å². The quantitative estimate of drug-likeness (QED) is 0.147. The second kappa shape index (κ2) is 11.2. The first kappa shape index (κ1) is 23.7. The first-order valence-electron chi connectivity index (χ1n) is 11.8. The number of hydrogen-bond donors (Lipinski definition) is 4. The molecule has 0 aliphatic heterocycles. The molecule has 0 unspecified atom stereocenters. The van der Waals surface area contributed by atoms with E-state index in [0.29, 0.717) is 23.3 Å². The van der Waals surface area contributed by atoms with Crippen LogP contribution in [0.15, 0.2) is 109 Å². The van der Waals surface area contributed by atoms with Gasteiger partial charge in [-0.3, -0.25) is 0 Å². The minimum absolute atomic E-state index is 0.600. The summed E-state index contributed by atoms with van der Waals surface area (Å²) in [5.41, 5.74) is 4.32. The van der Waals surface area contributed by atoms with E-state index in [2.05, 4.69) is 69.8 Å². The van der Waals surface area contributed by atoms with Crippen molar-refractivity contribution in [2.24, 2.45) is 0 Å². The highest BCUT2D eigenvalue weighted by Crippen LogP contribution is 2.28. The summed E-state index contributed by atoms with van der Waals surface area (Å²) in [4.78, 5) is 0. The van der Waals surface area contributed by atoms with E-state index in [1.54, 1.807) is 0 Å². The molecule has 0 aromatic heterocycles. The molecule has 5 rings (SSSR count). The molecule has 0 heterocycles. The first-order chi connectivity index (χ1) is 17.7. The maximum Gasteiger partial charge on any atom is 0.171 e. The Morgan fingerprint density at radius 2 is 0.944 bits per heavy atom. The third kappa shape index (κ3) is 5.79. The molecule has 0 amide bonds. The molecule has 4 N–H and O–H groups in total. The van der Waals surface area contributed by atoms with Gasteiger partial charge < -0.3 is 21.3 Å². The molecule has 0 bridgehead atoms. The molecule has 0 radical (unpaired) electrons. The van der Waals surface area contributed by atoms with Crippen LogP contribution in [0.4, 0.5) is 11.4 Å². The fourth-order valence-corrected chi connectivity index (χ4v) is 4.61. The maximum atomic E-state index is 5.51. The van der Waals surface area contributed by atoms with E-state index in [9.17, 15) is 0 Å². The number of benzene rings is 5. The van der Waals surface area contributed by atoms with Crippen LogP contribution in [0.25, 0.3) is 21.5 Å². The zero-order valence-corrected chi connectivity index (χ0v) is 21.3. The van der Waals surface area contributed by atoms with Gasteiger partial charge in [0.1, 0.15) is 0 Å².